The minimum atomic E-state index is 0.340. The molecule has 2 rings (SSSR count). The van der Waals surface area contributed by atoms with E-state index in [9.17, 15) is 0 Å². The van der Waals surface area contributed by atoms with E-state index in [0.29, 0.717) is 12.6 Å². The van der Waals surface area contributed by atoms with Gasteiger partial charge in [-0.2, -0.15) is 0 Å². The molecular formula is C14H22N2O. The number of nitrogens with two attached hydrogens (primary N) is 1. The van der Waals surface area contributed by atoms with E-state index >= 15 is 0 Å². The van der Waals surface area contributed by atoms with Crippen LogP contribution in [-0.4, -0.2) is 30.6 Å². The van der Waals surface area contributed by atoms with Crippen LogP contribution < -0.4 is 10.5 Å². The van der Waals surface area contributed by atoms with Gasteiger partial charge in [0.2, 0.25) is 0 Å². The maximum absolute atomic E-state index is 6.00. The Labute approximate surface area is 104 Å². The summed E-state index contributed by atoms with van der Waals surface area (Å²) in [5.74, 6) is 0.963. The van der Waals surface area contributed by atoms with E-state index in [0.717, 1.165) is 30.8 Å². The third kappa shape index (κ3) is 3.45. The van der Waals surface area contributed by atoms with Gasteiger partial charge >= 0.3 is 0 Å². The van der Waals surface area contributed by atoms with Crippen molar-refractivity contribution in [2.45, 2.75) is 32.4 Å². The standard InChI is InChI=1S/C14H22N2O/c1-2-16-9-3-4-14(11-16)17-13-7-5-12(10-15)6-8-13/h5-8,14H,2-4,9-11,15H2,1H3. The maximum Gasteiger partial charge on any atom is 0.119 e. The van der Waals surface area contributed by atoms with Crippen LogP contribution in [0.15, 0.2) is 24.3 Å². The number of likely N-dealkylation sites (tertiary alicyclic amines) is 1. The van der Waals surface area contributed by atoms with Crippen LogP contribution in [0.4, 0.5) is 0 Å². The van der Waals surface area contributed by atoms with Gasteiger partial charge in [-0.3, -0.25) is 4.90 Å². The first-order chi connectivity index (χ1) is 8.31. The molecule has 3 heteroatoms. The van der Waals surface area contributed by atoms with Gasteiger partial charge in [-0.25, -0.2) is 0 Å². The molecule has 1 unspecified atom stereocenters. The third-order valence-corrected chi connectivity index (χ3v) is 3.37. The second kappa shape index (κ2) is 6.03. The molecule has 1 fully saturated rings. The summed E-state index contributed by atoms with van der Waals surface area (Å²) in [6, 6.07) is 8.12. The van der Waals surface area contributed by atoms with Crippen LogP contribution in [0.1, 0.15) is 25.3 Å². The molecule has 94 valence electrons. The highest BCUT2D eigenvalue weighted by Crippen LogP contribution is 2.18. The number of rotatable bonds is 4. The van der Waals surface area contributed by atoms with Crippen LogP contribution in [0.2, 0.25) is 0 Å². The van der Waals surface area contributed by atoms with Crippen molar-refractivity contribution in [3.05, 3.63) is 29.8 Å². The van der Waals surface area contributed by atoms with Crippen molar-refractivity contribution in [3.8, 4) is 5.75 Å². The summed E-state index contributed by atoms with van der Waals surface area (Å²) < 4.78 is 6.00. The van der Waals surface area contributed by atoms with E-state index in [-0.39, 0.29) is 0 Å². The zero-order valence-electron chi connectivity index (χ0n) is 10.6. The number of ether oxygens (including phenoxy) is 1. The average Bonchev–Trinajstić information content (AvgIpc) is 2.40. The molecule has 1 aliphatic heterocycles. The molecule has 17 heavy (non-hydrogen) atoms. The highest BCUT2D eigenvalue weighted by Gasteiger charge is 2.19. The van der Waals surface area contributed by atoms with Gasteiger partial charge in [0.15, 0.2) is 0 Å². The summed E-state index contributed by atoms with van der Waals surface area (Å²) in [4.78, 5) is 2.45. The first-order valence-corrected chi connectivity index (χ1v) is 6.50. The number of piperidine rings is 1. The lowest BCUT2D eigenvalue weighted by Gasteiger charge is -2.32. The molecule has 1 heterocycles. The smallest absolute Gasteiger partial charge is 0.119 e. The summed E-state index contributed by atoms with van der Waals surface area (Å²) in [7, 11) is 0. The van der Waals surface area contributed by atoms with Crippen molar-refractivity contribution in [2.75, 3.05) is 19.6 Å². The van der Waals surface area contributed by atoms with Gasteiger partial charge in [-0.05, 0) is 43.6 Å². The molecule has 0 amide bonds. The Bertz CT molecular complexity index is 337. The lowest BCUT2D eigenvalue weighted by atomic mass is 10.1. The zero-order chi connectivity index (χ0) is 12.1. The molecule has 1 aliphatic rings. The summed E-state index contributed by atoms with van der Waals surface area (Å²) in [5.41, 5.74) is 6.72. The van der Waals surface area contributed by atoms with Gasteiger partial charge in [0.25, 0.3) is 0 Å². The van der Waals surface area contributed by atoms with Gasteiger partial charge in [0, 0.05) is 13.1 Å². The van der Waals surface area contributed by atoms with Gasteiger partial charge in [0.1, 0.15) is 11.9 Å². The molecule has 1 saturated heterocycles. The molecule has 2 N–H and O–H groups in total. The molecule has 0 aromatic heterocycles. The fourth-order valence-electron chi connectivity index (χ4n) is 2.29. The normalized spacial score (nSPS) is 21.4. The van der Waals surface area contributed by atoms with E-state index in [1.807, 2.05) is 24.3 Å². The average molecular weight is 234 g/mol. The minimum absolute atomic E-state index is 0.340. The van der Waals surface area contributed by atoms with E-state index in [4.69, 9.17) is 10.5 Å². The van der Waals surface area contributed by atoms with Gasteiger partial charge in [-0.15, -0.1) is 0 Å². The van der Waals surface area contributed by atoms with Crippen molar-refractivity contribution < 1.29 is 4.74 Å². The minimum Gasteiger partial charge on any atom is -0.489 e. The first kappa shape index (κ1) is 12.4. The van der Waals surface area contributed by atoms with Crippen LogP contribution in [0, 0.1) is 0 Å². The van der Waals surface area contributed by atoms with Crippen LogP contribution in [-0.2, 0) is 6.54 Å². The molecule has 0 saturated carbocycles. The quantitative estimate of drug-likeness (QED) is 0.866. The SMILES string of the molecule is CCN1CCCC(Oc2ccc(CN)cc2)C1. The Balaban J connectivity index is 1.90. The summed E-state index contributed by atoms with van der Waals surface area (Å²) in [6.07, 6.45) is 2.74. The van der Waals surface area contributed by atoms with Crippen LogP contribution in [0.3, 0.4) is 0 Å². The Morgan fingerprint density at radius 2 is 2.12 bits per heavy atom. The molecule has 0 aliphatic carbocycles. The highest BCUT2D eigenvalue weighted by atomic mass is 16.5. The fourth-order valence-corrected chi connectivity index (χ4v) is 2.29. The molecule has 1 aromatic rings. The second-order valence-electron chi connectivity index (χ2n) is 4.62. The Hall–Kier alpha value is -1.06. The van der Waals surface area contributed by atoms with Gasteiger partial charge < -0.3 is 10.5 Å². The molecule has 0 spiro atoms. The van der Waals surface area contributed by atoms with E-state index < -0.39 is 0 Å². The summed E-state index contributed by atoms with van der Waals surface area (Å²) >= 11 is 0. The van der Waals surface area contributed by atoms with Crippen molar-refractivity contribution >= 4 is 0 Å². The molecule has 3 nitrogen and oxygen atoms in total. The first-order valence-electron chi connectivity index (χ1n) is 6.50. The number of nitrogens with zero attached hydrogens (tertiary/aromatic N) is 1. The predicted octanol–water partition coefficient (Wildman–Crippen LogP) is 2.01. The van der Waals surface area contributed by atoms with Gasteiger partial charge in [-0.1, -0.05) is 19.1 Å². The maximum atomic E-state index is 6.00. The van der Waals surface area contributed by atoms with Crippen LogP contribution in [0.25, 0.3) is 0 Å². The van der Waals surface area contributed by atoms with Gasteiger partial charge in [0.05, 0.1) is 0 Å². The summed E-state index contributed by atoms with van der Waals surface area (Å²) in [5, 5.41) is 0. The van der Waals surface area contributed by atoms with Crippen molar-refractivity contribution in [1.82, 2.24) is 4.90 Å². The number of hydrogen-bond donors (Lipinski definition) is 1. The van der Waals surface area contributed by atoms with Crippen molar-refractivity contribution in [1.29, 1.82) is 0 Å². The Morgan fingerprint density at radius 3 is 2.76 bits per heavy atom. The molecule has 0 bridgehead atoms. The third-order valence-electron chi connectivity index (χ3n) is 3.37. The van der Waals surface area contributed by atoms with Crippen molar-refractivity contribution in [2.24, 2.45) is 5.73 Å². The Kier molecular flexibility index (Phi) is 4.40. The molecular weight excluding hydrogens is 212 g/mol. The topological polar surface area (TPSA) is 38.5 Å². The summed E-state index contributed by atoms with van der Waals surface area (Å²) in [6.45, 7) is 6.18. The fraction of sp³-hybridized carbons (Fsp3) is 0.571. The second-order valence-corrected chi connectivity index (χ2v) is 4.62. The largest absolute Gasteiger partial charge is 0.489 e. The van der Waals surface area contributed by atoms with Crippen LogP contribution >= 0.6 is 0 Å². The monoisotopic (exact) mass is 234 g/mol. The van der Waals surface area contributed by atoms with Crippen LogP contribution in [0.5, 0.6) is 5.75 Å². The molecule has 1 aromatic carbocycles. The van der Waals surface area contributed by atoms with Crippen molar-refractivity contribution in [3.63, 3.8) is 0 Å². The van der Waals surface area contributed by atoms with E-state index in [2.05, 4.69) is 11.8 Å². The highest BCUT2D eigenvalue weighted by molar-refractivity contribution is 5.27. The zero-order valence-corrected chi connectivity index (χ0v) is 10.6. The number of benzene rings is 1. The van der Waals surface area contributed by atoms with E-state index in [1.54, 1.807) is 0 Å². The number of likely N-dealkylation sites (N-methyl/N-ethyl adjacent to an activating group) is 1. The van der Waals surface area contributed by atoms with E-state index in [1.165, 1.54) is 13.0 Å². The lowest BCUT2D eigenvalue weighted by molar-refractivity contribution is 0.0919. The number of hydrogen-bond acceptors (Lipinski definition) is 3. The lowest BCUT2D eigenvalue weighted by Crippen LogP contribution is -2.40. The molecule has 1 atom stereocenters. The molecule has 0 radical (unpaired) electrons. The predicted molar refractivity (Wildman–Crippen MR) is 70.1 cm³/mol. The Morgan fingerprint density at radius 1 is 1.35 bits per heavy atom.